The standard InChI is InChI=1S/C18H23N3O2/c1-12-10-13(2)20-17(19-12)21-16(22)11-23-15-8-6-14(7-9-15)18(3,4)5/h6-10H,11H2,1-5H3,(H,19,20,21,22). The topological polar surface area (TPSA) is 64.1 Å². The van der Waals surface area contributed by atoms with E-state index >= 15 is 0 Å². The molecule has 1 aromatic carbocycles. The van der Waals surface area contributed by atoms with Gasteiger partial charge >= 0.3 is 0 Å². The fourth-order valence-corrected chi connectivity index (χ4v) is 2.14. The van der Waals surface area contributed by atoms with Gasteiger partial charge < -0.3 is 4.74 Å². The second-order valence-corrected chi connectivity index (χ2v) is 6.59. The van der Waals surface area contributed by atoms with Crippen LogP contribution in [0.5, 0.6) is 5.75 Å². The van der Waals surface area contributed by atoms with E-state index in [2.05, 4.69) is 36.1 Å². The van der Waals surface area contributed by atoms with E-state index in [9.17, 15) is 4.79 Å². The Labute approximate surface area is 137 Å². The van der Waals surface area contributed by atoms with Gasteiger partial charge in [0.05, 0.1) is 0 Å². The molecule has 2 rings (SSSR count). The molecule has 23 heavy (non-hydrogen) atoms. The normalized spacial score (nSPS) is 11.2. The lowest BCUT2D eigenvalue weighted by Gasteiger charge is -2.19. The highest BCUT2D eigenvalue weighted by atomic mass is 16.5. The van der Waals surface area contributed by atoms with Crippen molar-refractivity contribution in [3.8, 4) is 5.75 Å². The van der Waals surface area contributed by atoms with E-state index in [-0.39, 0.29) is 17.9 Å². The molecule has 1 heterocycles. The molecule has 1 amide bonds. The van der Waals surface area contributed by atoms with Gasteiger partial charge in [0.2, 0.25) is 5.95 Å². The summed E-state index contributed by atoms with van der Waals surface area (Å²) in [6.45, 7) is 10.1. The summed E-state index contributed by atoms with van der Waals surface area (Å²) in [4.78, 5) is 20.3. The highest BCUT2D eigenvalue weighted by Gasteiger charge is 2.13. The van der Waals surface area contributed by atoms with Crippen LogP contribution in [0.1, 0.15) is 37.7 Å². The zero-order valence-electron chi connectivity index (χ0n) is 14.3. The number of ether oxygens (including phenoxy) is 1. The SMILES string of the molecule is Cc1cc(C)nc(NC(=O)COc2ccc(C(C)(C)C)cc2)n1. The predicted molar refractivity (Wildman–Crippen MR) is 90.8 cm³/mol. The number of carbonyl (C=O) groups excluding carboxylic acids is 1. The lowest BCUT2D eigenvalue weighted by Crippen LogP contribution is -2.22. The van der Waals surface area contributed by atoms with Crippen LogP contribution in [0, 0.1) is 13.8 Å². The Morgan fingerprint density at radius 2 is 1.65 bits per heavy atom. The first-order valence-electron chi connectivity index (χ1n) is 7.59. The minimum Gasteiger partial charge on any atom is -0.484 e. The molecule has 0 spiro atoms. The van der Waals surface area contributed by atoms with Crippen LogP contribution < -0.4 is 10.1 Å². The van der Waals surface area contributed by atoms with Crippen LogP contribution in [0.4, 0.5) is 5.95 Å². The van der Waals surface area contributed by atoms with Gasteiger partial charge in [0.1, 0.15) is 5.75 Å². The van der Waals surface area contributed by atoms with Crippen molar-refractivity contribution >= 4 is 11.9 Å². The van der Waals surface area contributed by atoms with Gasteiger partial charge in [-0.05, 0) is 43.0 Å². The van der Waals surface area contributed by atoms with Crippen molar-refractivity contribution in [3.63, 3.8) is 0 Å². The van der Waals surface area contributed by atoms with Crippen LogP contribution in [-0.4, -0.2) is 22.5 Å². The number of benzene rings is 1. The molecule has 0 aliphatic rings. The third-order valence-electron chi connectivity index (χ3n) is 3.32. The molecular formula is C18H23N3O2. The molecule has 0 unspecified atom stereocenters. The van der Waals surface area contributed by atoms with E-state index in [1.54, 1.807) is 0 Å². The maximum absolute atomic E-state index is 11.9. The lowest BCUT2D eigenvalue weighted by atomic mass is 9.87. The molecule has 122 valence electrons. The molecule has 1 aromatic heterocycles. The summed E-state index contributed by atoms with van der Waals surface area (Å²) in [5.41, 5.74) is 2.94. The number of anilines is 1. The Kier molecular flexibility index (Phi) is 4.98. The largest absolute Gasteiger partial charge is 0.484 e. The fourth-order valence-electron chi connectivity index (χ4n) is 2.14. The van der Waals surface area contributed by atoms with E-state index in [1.807, 2.05) is 44.2 Å². The Morgan fingerprint density at radius 3 is 2.17 bits per heavy atom. The Bertz CT molecular complexity index is 668. The summed E-state index contributed by atoms with van der Waals surface area (Å²) < 4.78 is 5.50. The summed E-state index contributed by atoms with van der Waals surface area (Å²) in [6.07, 6.45) is 0. The summed E-state index contributed by atoms with van der Waals surface area (Å²) >= 11 is 0. The number of aromatic nitrogens is 2. The molecule has 5 nitrogen and oxygen atoms in total. The summed E-state index contributed by atoms with van der Waals surface area (Å²) in [6, 6.07) is 9.63. The minimum atomic E-state index is -0.283. The van der Waals surface area contributed by atoms with Crippen molar-refractivity contribution in [1.82, 2.24) is 9.97 Å². The Balaban J connectivity index is 1.91. The molecule has 1 N–H and O–H groups in total. The molecule has 0 atom stereocenters. The molecule has 5 heteroatoms. The van der Waals surface area contributed by atoms with E-state index < -0.39 is 0 Å². The average molecular weight is 313 g/mol. The molecule has 0 aliphatic heterocycles. The third-order valence-corrected chi connectivity index (χ3v) is 3.32. The number of amides is 1. The van der Waals surface area contributed by atoms with Crippen LogP contribution in [0.15, 0.2) is 30.3 Å². The van der Waals surface area contributed by atoms with Gasteiger partial charge in [-0.25, -0.2) is 9.97 Å². The van der Waals surface area contributed by atoms with Crippen molar-refractivity contribution in [1.29, 1.82) is 0 Å². The van der Waals surface area contributed by atoms with E-state index in [4.69, 9.17) is 4.74 Å². The maximum atomic E-state index is 11.9. The average Bonchev–Trinajstić information content (AvgIpc) is 2.43. The van der Waals surface area contributed by atoms with Crippen LogP contribution >= 0.6 is 0 Å². The molecule has 0 bridgehead atoms. The van der Waals surface area contributed by atoms with Gasteiger partial charge in [-0.3, -0.25) is 10.1 Å². The number of hydrogen-bond donors (Lipinski definition) is 1. The van der Waals surface area contributed by atoms with Crippen LogP contribution in [0.3, 0.4) is 0 Å². The van der Waals surface area contributed by atoms with Gasteiger partial charge in [0.25, 0.3) is 5.91 Å². The van der Waals surface area contributed by atoms with E-state index in [0.29, 0.717) is 11.7 Å². The smallest absolute Gasteiger partial charge is 0.264 e. The third kappa shape index (κ3) is 5.06. The van der Waals surface area contributed by atoms with E-state index in [0.717, 1.165) is 11.4 Å². The first kappa shape index (κ1) is 16.9. The number of nitrogens with zero attached hydrogens (tertiary/aromatic N) is 2. The monoisotopic (exact) mass is 313 g/mol. The quantitative estimate of drug-likeness (QED) is 0.939. The summed E-state index contributed by atoms with van der Waals surface area (Å²) in [5.74, 6) is 0.684. The maximum Gasteiger partial charge on any atom is 0.264 e. The van der Waals surface area contributed by atoms with Gasteiger partial charge in [0.15, 0.2) is 6.61 Å². The zero-order valence-corrected chi connectivity index (χ0v) is 14.3. The van der Waals surface area contributed by atoms with Crippen LogP contribution in [-0.2, 0) is 10.2 Å². The minimum absolute atomic E-state index is 0.0782. The number of carbonyl (C=O) groups is 1. The number of hydrogen-bond acceptors (Lipinski definition) is 4. The highest BCUT2D eigenvalue weighted by Crippen LogP contribution is 2.24. The summed E-state index contributed by atoms with van der Waals surface area (Å²) in [7, 11) is 0. The molecule has 0 fully saturated rings. The Hall–Kier alpha value is -2.43. The second-order valence-electron chi connectivity index (χ2n) is 6.59. The first-order chi connectivity index (χ1) is 10.7. The lowest BCUT2D eigenvalue weighted by molar-refractivity contribution is -0.118. The van der Waals surface area contributed by atoms with Gasteiger partial charge in [0, 0.05) is 11.4 Å². The molecule has 0 saturated carbocycles. The van der Waals surface area contributed by atoms with Crippen molar-refractivity contribution in [3.05, 3.63) is 47.3 Å². The van der Waals surface area contributed by atoms with Crippen molar-refractivity contribution in [2.75, 3.05) is 11.9 Å². The Morgan fingerprint density at radius 1 is 1.09 bits per heavy atom. The molecular weight excluding hydrogens is 290 g/mol. The van der Waals surface area contributed by atoms with Gasteiger partial charge in [-0.15, -0.1) is 0 Å². The van der Waals surface area contributed by atoms with Crippen molar-refractivity contribution in [2.45, 2.75) is 40.0 Å². The van der Waals surface area contributed by atoms with Crippen molar-refractivity contribution in [2.24, 2.45) is 0 Å². The van der Waals surface area contributed by atoms with Gasteiger partial charge in [-0.1, -0.05) is 32.9 Å². The molecule has 0 aliphatic carbocycles. The molecule has 0 radical (unpaired) electrons. The van der Waals surface area contributed by atoms with Crippen LogP contribution in [0.25, 0.3) is 0 Å². The second kappa shape index (κ2) is 6.77. The van der Waals surface area contributed by atoms with Crippen LogP contribution in [0.2, 0.25) is 0 Å². The highest BCUT2D eigenvalue weighted by molar-refractivity contribution is 5.90. The number of aryl methyl sites for hydroxylation is 2. The molecule has 2 aromatic rings. The first-order valence-corrected chi connectivity index (χ1v) is 7.59. The van der Waals surface area contributed by atoms with Gasteiger partial charge in [-0.2, -0.15) is 0 Å². The zero-order chi connectivity index (χ0) is 17.0. The van der Waals surface area contributed by atoms with Crippen molar-refractivity contribution < 1.29 is 9.53 Å². The number of nitrogens with one attached hydrogen (secondary N) is 1. The summed E-state index contributed by atoms with van der Waals surface area (Å²) in [5, 5.41) is 2.64. The van der Waals surface area contributed by atoms with E-state index in [1.165, 1.54) is 5.56 Å². The fraction of sp³-hybridized carbons (Fsp3) is 0.389. The number of rotatable bonds is 4. The molecule has 0 saturated heterocycles. The predicted octanol–water partition coefficient (Wildman–Crippen LogP) is 3.41.